The molecule has 3 rings (SSSR count). The standard InChI is InChI=1S/C21H24N2O2/c1-14-5-8-18(9-6-14)21(25)22-11-12-23(20(24)17(22)4)19-10-7-15(2)16(3)13-19/h5-10,13,17H,11-12H2,1-4H3. The zero-order valence-electron chi connectivity index (χ0n) is 15.2. The zero-order valence-corrected chi connectivity index (χ0v) is 15.2. The second kappa shape index (κ2) is 6.71. The highest BCUT2D eigenvalue weighted by Crippen LogP contribution is 2.24. The van der Waals surface area contributed by atoms with Gasteiger partial charge in [-0.05, 0) is 63.1 Å². The molecule has 2 amide bonds. The van der Waals surface area contributed by atoms with Crippen molar-refractivity contribution in [1.82, 2.24) is 4.90 Å². The predicted molar refractivity (Wildman–Crippen MR) is 99.9 cm³/mol. The predicted octanol–water partition coefficient (Wildman–Crippen LogP) is 3.49. The van der Waals surface area contributed by atoms with Gasteiger partial charge in [-0.15, -0.1) is 0 Å². The molecule has 2 aromatic carbocycles. The lowest BCUT2D eigenvalue weighted by atomic mass is 10.1. The van der Waals surface area contributed by atoms with Crippen molar-refractivity contribution in [3.8, 4) is 0 Å². The summed E-state index contributed by atoms with van der Waals surface area (Å²) in [4.78, 5) is 29.1. The molecule has 0 spiro atoms. The molecule has 0 N–H and O–H groups in total. The van der Waals surface area contributed by atoms with E-state index in [1.165, 1.54) is 5.56 Å². The third-order valence-electron chi connectivity index (χ3n) is 5.02. The highest BCUT2D eigenvalue weighted by atomic mass is 16.2. The fraction of sp³-hybridized carbons (Fsp3) is 0.333. The molecule has 1 heterocycles. The quantitative estimate of drug-likeness (QED) is 0.842. The second-order valence-electron chi connectivity index (χ2n) is 6.80. The van der Waals surface area contributed by atoms with E-state index in [0.29, 0.717) is 18.7 Å². The Balaban J connectivity index is 1.80. The lowest BCUT2D eigenvalue weighted by Crippen LogP contribution is -2.57. The number of anilines is 1. The maximum atomic E-state index is 12.9. The van der Waals surface area contributed by atoms with Gasteiger partial charge in [0.25, 0.3) is 5.91 Å². The van der Waals surface area contributed by atoms with Gasteiger partial charge in [0.1, 0.15) is 6.04 Å². The van der Waals surface area contributed by atoms with Crippen molar-refractivity contribution < 1.29 is 9.59 Å². The van der Waals surface area contributed by atoms with Crippen LogP contribution in [0.3, 0.4) is 0 Å². The first-order chi connectivity index (χ1) is 11.9. The number of aryl methyl sites for hydroxylation is 3. The van der Waals surface area contributed by atoms with Crippen LogP contribution < -0.4 is 4.90 Å². The lowest BCUT2D eigenvalue weighted by molar-refractivity contribution is -0.124. The first kappa shape index (κ1) is 17.2. The Morgan fingerprint density at radius 1 is 0.960 bits per heavy atom. The second-order valence-corrected chi connectivity index (χ2v) is 6.80. The summed E-state index contributed by atoms with van der Waals surface area (Å²) in [6.45, 7) is 8.95. The minimum absolute atomic E-state index is 0.0324. The van der Waals surface area contributed by atoms with Gasteiger partial charge in [-0.2, -0.15) is 0 Å². The molecule has 1 saturated heterocycles. The number of carbonyl (C=O) groups excluding carboxylic acids is 2. The number of hydrogen-bond acceptors (Lipinski definition) is 2. The molecule has 1 aliphatic heterocycles. The van der Waals surface area contributed by atoms with Crippen LogP contribution in [0, 0.1) is 20.8 Å². The van der Waals surface area contributed by atoms with E-state index >= 15 is 0 Å². The maximum Gasteiger partial charge on any atom is 0.254 e. The number of amides is 2. The van der Waals surface area contributed by atoms with Crippen molar-refractivity contribution in [1.29, 1.82) is 0 Å². The monoisotopic (exact) mass is 336 g/mol. The van der Waals surface area contributed by atoms with E-state index in [1.807, 2.05) is 63.2 Å². The summed E-state index contributed by atoms with van der Waals surface area (Å²) in [7, 11) is 0. The minimum Gasteiger partial charge on any atom is -0.325 e. The molecule has 1 unspecified atom stereocenters. The highest BCUT2D eigenvalue weighted by Gasteiger charge is 2.35. The maximum absolute atomic E-state index is 12.9. The molecule has 0 bridgehead atoms. The average molecular weight is 336 g/mol. The van der Waals surface area contributed by atoms with Gasteiger partial charge in [0.05, 0.1) is 0 Å². The number of benzene rings is 2. The Morgan fingerprint density at radius 3 is 2.28 bits per heavy atom. The third kappa shape index (κ3) is 3.29. The molecule has 1 atom stereocenters. The molecular formula is C21H24N2O2. The molecule has 25 heavy (non-hydrogen) atoms. The molecule has 130 valence electrons. The molecule has 1 aliphatic rings. The van der Waals surface area contributed by atoms with Crippen LogP contribution in [0.15, 0.2) is 42.5 Å². The van der Waals surface area contributed by atoms with Crippen LogP contribution >= 0.6 is 0 Å². The summed E-state index contributed by atoms with van der Waals surface area (Å²) in [5.41, 5.74) is 5.01. The molecule has 2 aromatic rings. The van der Waals surface area contributed by atoms with Gasteiger partial charge in [-0.1, -0.05) is 23.8 Å². The van der Waals surface area contributed by atoms with Crippen LogP contribution in [0.25, 0.3) is 0 Å². The molecule has 0 aliphatic carbocycles. The smallest absolute Gasteiger partial charge is 0.254 e. The number of rotatable bonds is 2. The Morgan fingerprint density at radius 2 is 1.64 bits per heavy atom. The van der Waals surface area contributed by atoms with Gasteiger partial charge in [0, 0.05) is 24.3 Å². The van der Waals surface area contributed by atoms with Crippen LogP contribution in [0.1, 0.15) is 34.0 Å². The van der Waals surface area contributed by atoms with Crippen LogP contribution in [0.5, 0.6) is 0 Å². The van der Waals surface area contributed by atoms with Crippen LogP contribution in [-0.2, 0) is 4.79 Å². The first-order valence-corrected chi connectivity index (χ1v) is 8.65. The topological polar surface area (TPSA) is 40.6 Å². The van der Waals surface area contributed by atoms with Gasteiger partial charge >= 0.3 is 0 Å². The van der Waals surface area contributed by atoms with E-state index in [1.54, 1.807) is 9.80 Å². The minimum atomic E-state index is -0.468. The molecule has 0 aromatic heterocycles. The van der Waals surface area contributed by atoms with E-state index in [0.717, 1.165) is 16.8 Å². The molecular weight excluding hydrogens is 312 g/mol. The van der Waals surface area contributed by atoms with Gasteiger partial charge in [-0.3, -0.25) is 9.59 Å². The number of carbonyl (C=O) groups is 2. The molecule has 4 nitrogen and oxygen atoms in total. The van der Waals surface area contributed by atoms with E-state index in [-0.39, 0.29) is 11.8 Å². The van der Waals surface area contributed by atoms with Crippen LogP contribution in [0.2, 0.25) is 0 Å². The normalized spacial score (nSPS) is 17.8. The zero-order chi connectivity index (χ0) is 18.1. The van der Waals surface area contributed by atoms with Crippen molar-refractivity contribution in [3.63, 3.8) is 0 Å². The van der Waals surface area contributed by atoms with E-state index in [2.05, 4.69) is 6.92 Å². The van der Waals surface area contributed by atoms with Gasteiger partial charge in [0.2, 0.25) is 5.91 Å². The van der Waals surface area contributed by atoms with Crippen molar-refractivity contribution in [2.75, 3.05) is 18.0 Å². The molecule has 0 saturated carbocycles. The van der Waals surface area contributed by atoms with Crippen molar-refractivity contribution in [2.24, 2.45) is 0 Å². The summed E-state index contributed by atoms with van der Waals surface area (Å²) in [6.07, 6.45) is 0. The summed E-state index contributed by atoms with van der Waals surface area (Å²) in [5, 5.41) is 0. The van der Waals surface area contributed by atoms with E-state index in [9.17, 15) is 9.59 Å². The van der Waals surface area contributed by atoms with Crippen LogP contribution in [0.4, 0.5) is 5.69 Å². The molecule has 0 radical (unpaired) electrons. The number of piperazine rings is 1. The number of hydrogen-bond donors (Lipinski definition) is 0. The van der Waals surface area contributed by atoms with Crippen molar-refractivity contribution >= 4 is 17.5 Å². The van der Waals surface area contributed by atoms with E-state index < -0.39 is 6.04 Å². The fourth-order valence-electron chi connectivity index (χ4n) is 3.16. The van der Waals surface area contributed by atoms with Crippen molar-refractivity contribution in [3.05, 3.63) is 64.7 Å². The fourth-order valence-corrected chi connectivity index (χ4v) is 3.16. The molecule has 4 heteroatoms. The largest absolute Gasteiger partial charge is 0.325 e. The first-order valence-electron chi connectivity index (χ1n) is 8.65. The molecule has 1 fully saturated rings. The SMILES string of the molecule is Cc1ccc(C(=O)N2CCN(c3ccc(C)c(C)c3)C(=O)C2C)cc1. The van der Waals surface area contributed by atoms with Gasteiger partial charge < -0.3 is 9.80 Å². The summed E-state index contributed by atoms with van der Waals surface area (Å²) >= 11 is 0. The number of nitrogens with zero attached hydrogens (tertiary/aromatic N) is 2. The summed E-state index contributed by atoms with van der Waals surface area (Å²) in [5.74, 6) is -0.115. The summed E-state index contributed by atoms with van der Waals surface area (Å²) < 4.78 is 0. The van der Waals surface area contributed by atoms with Crippen molar-refractivity contribution in [2.45, 2.75) is 33.7 Å². The van der Waals surface area contributed by atoms with Crippen LogP contribution in [-0.4, -0.2) is 35.8 Å². The van der Waals surface area contributed by atoms with E-state index in [4.69, 9.17) is 0 Å². The van der Waals surface area contributed by atoms with Gasteiger partial charge in [0.15, 0.2) is 0 Å². The Labute approximate surface area is 149 Å². The average Bonchev–Trinajstić information content (AvgIpc) is 2.60. The Hall–Kier alpha value is -2.62. The summed E-state index contributed by atoms with van der Waals surface area (Å²) in [6, 6.07) is 13.1. The van der Waals surface area contributed by atoms with Gasteiger partial charge in [-0.25, -0.2) is 0 Å². The lowest BCUT2D eigenvalue weighted by Gasteiger charge is -2.39. The third-order valence-corrected chi connectivity index (χ3v) is 5.02. The Kier molecular flexibility index (Phi) is 4.62. The highest BCUT2D eigenvalue weighted by molar-refractivity contribution is 6.03. The Bertz CT molecular complexity index is 811.